The molecule has 0 radical (unpaired) electrons. The Balaban J connectivity index is 2.62. The number of nitrogens with zero attached hydrogens (tertiary/aromatic N) is 1. The molecule has 1 aromatic carbocycles. The minimum Gasteiger partial charge on any atom is -0.374 e. The molecule has 5 heteroatoms. The molecule has 0 heterocycles. The molecule has 0 saturated heterocycles. The van der Waals surface area contributed by atoms with Crippen LogP contribution in [0.3, 0.4) is 0 Å². The Bertz CT molecular complexity index is 409. The van der Waals surface area contributed by atoms with E-state index >= 15 is 0 Å². The predicted molar refractivity (Wildman–Crippen MR) is 67.8 cm³/mol. The Morgan fingerprint density at radius 2 is 2.18 bits per heavy atom. The number of hydrogen-bond acceptors (Lipinski definition) is 2. The van der Waals surface area contributed by atoms with Gasteiger partial charge in [0, 0.05) is 13.1 Å². The lowest BCUT2D eigenvalue weighted by atomic mass is 10.3. The van der Waals surface area contributed by atoms with Gasteiger partial charge in [0.1, 0.15) is 0 Å². The van der Waals surface area contributed by atoms with E-state index in [1.807, 2.05) is 13.8 Å². The van der Waals surface area contributed by atoms with E-state index in [9.17, 15) is 9.18 Å². The molecule has 94 valence electrons. The Labute approximate surface area is 106 Å². The quantitative estimate of drug-likeness (QED) is 0.901. The highest BCUT2D eigenvalue weighted by Gasteiger charge is 2.12. The second-order valence-corrected chi connectivity index (χ2v) is 4.46. The normalized spacial score (nSPS) is 10.5. The molecule has 1 aromatic rings. The number of benzene rings is 1. The zero-order chi connectivity index (χ0) is 13.0. The Morgan fingerprint density at radius 3 is 2.76 bits per heavy atom. The summed E-state index contributed by atoms with van der Waals surface area (Å²) in [5, 5.41) is 2.78. The van der Waals surface area contributed by atoms with E-state index in [-0.39, 0.29) is 29.2 Å². The average molecular weight is 259 g/mol. The summed E-state index contributed by atoms with van der Waals surface area (Å²) in [4.78, 5) is 13.3. The van der Waals surface area contributed by atoms with Crippen LogP contribution >= 0.6 is 11.6 Å². The third-order valence-electron chi connectivity index (χ3n) is 2.55. The van der Waals surface area contributed by atoms with Crippen molar-refractivity contribution in [3.05, 3.63) is 29.0 Å². The second-order valence-electron chi connectivity index (χ2n) is 4.05. The van der Waals surface area contributed by atoms with Crippen molar-refractivity contribution in [3.63, 3.8) is 0 Å². The number of anilines is 1. The first-order valence-electron chi connectivity index (χ1n) is 5.37. The Hall–Kier alpha value is -1.29. The van der Waals surface area contributed by atoms with Crippen molar-refractivity contribution in [3.8, 4) is 0 Å². The number of likely N-dealkylation sites (N-methyl/N-ethyl adjacent to an activating group) is 1. The van der Waals surface area contributed by atoms with E-state index < -0.39 is 5.82 Å². The van der Waals surface area contributed by atoms with Crippen LogP contribution in [0.25, 0.3) is 0 Å². The lowest BCUT2D eigenvalue weighted by molar-refractivity contribution is -0.129. The lowest BCUT2D eigenvalue weighted by Crippen LogP contribution is -2.37. The zero-order valence-electron chi connectivity index (χ0n) is 10.1. The number of carbonyl (C=O) groups excluding carboxylic acids is 1. The van der Waals surface area contributed by atoms with Crippen LogP contribution in [0.4, 0.5) is 10.1 Å². The van der Waals surface area contributed by atoms with Gasteiger partial charge >= 0.3 is 0 Å². The fourth-order valence-corrected chi connectivity index (χ4v) is 1.40. The minimum absolute atomic E-state index is 0.0414. The monoisotopic (exact) mass is 258 g/mol. The molecule has 0 fully saturated rings. The first-order valence-corrected chi connectivity index (χ1v) is 5.74. The van der Waals surface area contributed by atoms with Gasteiger partial charge in [0.25, 0.3) is 0 Å². The van der Waals surface area contributed by atoms with E-state index in [2.05, 4.69) is 5.32 Å². The number of halogens is 2. The van der Waals surface area contributed by atoms with Crippen LogP contribution < -0.4 is 5.32 Å². The van der Waals surface area contributed by atoms with Crippen LogP contribution in [-0.4, -0.2) is 30.4 Å². The fourth-order valence-electron chi connectivity index (χ4n) is 1.22. The van der Waals surface area contributed by atoms with Crippen LogP contribution in [0, 0.1) is 5.82 Å². The van der Waals surface area contributed by atoms with Crippen LogP contribution in [0.1, 0.15) is 13.8 Å². The Morgan fingerprint density at radius 1 is 1.53 bits per heavy atom. The van der Waals surface area contributed by atoms with Gasteiger partial charge in [-0.2, -0.15) is 0 Å². The summed E-state index contributed by atoms with van der Waals surface area (Å²) in [7, 11) is 1.71. The van der Waals surface area contributed by atoms with Crippen molar-refractivity contribution in [1.82, 2.24) is 4.90 Å². The van der Waals surface area contributed by atoms with Gasteiger partial charge in [0.05, 0.1) is 17.3 Å². The largest absolute Gasteiger partial charge is 0.374 e. The van der Waals surface area contributed by atoms with E-state index in [4.69, 9.17) is 11.6 Å². The van der Waals surface area contributed by atoms with Gasteiger partial charge in [0.15, 0.2) is 5.82 Å². The molecule has 0 aliphatic carbocycles. The van der Waals surface area contributed by atoms with Crippen LogP contribution in [0.2, 0.25) is 5.02 Å². The van der Waals surface area contributed by atoms with E-state index in [1.165, 1.54) is 6.07 Å². The summed E-state index contributed by atoms with van der Waals surface area (Å²) < 4.78 is 13.5. The molecule has 1 amide bonds. The average Bonchev–Trinajstić information content (AvgIpc) is 2.29. The topological polar surface area (TPSA) is 32.3 Å². The zero-order valence-corrected chi connectivity index (χ0v) is 10.9. The second kappa shape index (κ2) is 5.87. The molecule has 0 atom stereocenters. The third-order valence-corrected chi connectivity index (χ3v) is 2.84. The molecule has 0 unspecified atom stereocenters. The molecule has 1 rings (SSSR count). The van der Waals surface area contributed by atoms with Gasteiger partial charge in [-0.3, -0.25) is 4.79 Å². The van der Waals surface area contributed by atoms with Gasteiger partial charge in [-0.25, -0.2) is 4.39 Å². The number of carbonyl (C=O) groups is 1. The van der Waals surface area contributed by atoms with Gasteiger partial charge in [0.2, 0.25) is 5.91 Å². The molecule has 0 aromatic heterocycles. The first kappa shape index (κ1) is 13.8. The standard InChI is InChI=1S/C12H16ClFN2O/c1-8(2)16(3)11(17)7-15-10-6-4-5-9(13)12(10)14/h4-6,8,15H,7H2,1-3H3. The molecule has 0 spiro atoms. The molecule has 0 bridgehead atoms. The van der Waals surface area contributed by atoms with Crippen molar-refractivity contribution in [2.75, 3.05) is 18.9 Å². The summed E-state index contributed by atoms with van der Waals surface area (Å²) in [5.41, 5.74) is 0.239. The molecule has 0 aliphatic heterocycles. The maximum absolute atomic E-state index is 13.5. The highest BCUT2D eigenvalue weighted by atomic mass is 35.5. The van der Waals surface area contributed by atoms with Gasteiger partial charge in [-0.1, -0.05) is 17.7 Å². The maximum Gasteiger partial charge on any atom is 0.241 e. The number of amides is 1. The Kier molecular flexibility index (Phi) is 4.75. The summed E-state index contributed by atoms with van der Waals surface area (Å²) in [6, 6.07) is 4.76. The summed E-state index contributed by atoms with van der Waals surface area (Å²) in [5.74, 6) is -0.631. The molecule has 0 saturated carbocycles. The molecule has 3 nitrogen and oxygen atoms in total. The van der Waals surface area contributed by atoms with Crippen molar-refractivity contribution in [2.24, 2.45) is 0 Å². The predicted octanol–water partition coefficient (Wildman–Crippen LogP) is 2.76. The number of rotatable bonds is 4. The highest BCUT2D eigenvalue weighted by molar-refractivity contribution is 6.31. The summed E-state index contributed by atoms with van der Waals surface area (Å²) in [6.07, 6.45) is 0. The number of hydrogen-bond donors (Lipinski definition) is 1. The van der Waals surface area contributed by atoms with E-state index in [1.54, 1.807) is 24.1 Å². The first-order chi connectivity index (χ1) is 7.93. The van der Waals surface area contributed by atoms with Gasteiger partial charge in [-0.15, -0.1) is 0 Å². The maximum atomic E-state index is 13.5. The molecular weight excluding hydrogens is 243 g/mol. The highest BCUT2D eigenvalue weighted by Crippen LogP contribution is 2.21. The SMILES string of the molecule is CC(C)N(C)C(=O)CNc1cccc(Cl)c1F. The van der Waals surface area contributed by atoms with Gasteiger partial charge in [-0.05, 0) is 26.0 Å². The van der Waals surface area contributed by atoms with Crippen LogP contribution in [0.5, 0.6) is 0 Å². The van der Waals surface area contributed by atoms with Crippen molar-refractivity contribution in [2.45, 2.75) is 19.9 Å². The lowest BCUT2D eigenvalue weighted by Gasteiger charge is -2.21. The van der Waals surface area contributed by atoms with E-state index in [0.29, 0.717) is 0 Å². The smallest absolute Gasteiger partial charge is 0.241 e. The van der Waals surface area contributed by atoms with Crippen molar-refractivity contribution in [1.29, 1.82) is 0 Å². The van der Waals surface area contributed by atoms with Crippen molar-refractivity contribution < 1.29 is 9.18 Å². The van der Waals surface area contributed by atoms with Crippen LogP contribution in [0.15, 0.2) is 18.2 Å². The number of nitrogens with one attached hydrogen (secondary N) is 1. The van der Waals surface area contributed by atoms with Crippen molar-refractivity contribution >= 4 is 23.2 Å². The minimum atomic E-state index is -0.533. The van der Waals surface area contributed by atoms with Crippen LogP contribution in [-0.2, 0) is 4.79 Å². The summed E-state index contributed by atoms with van der Waals surface area (Å²) in [6.45, 7) is 3.88. The summed E-state index contributed by atoms with van der Waals surface area (Å²) >= 11 is 5.63. The molecule has 1 N–H and O–H groups in total. The molecule has 17 heavy (non-hydrogen) atoms. The van der Waals surface area contributed by atoms with Gasteiger partial charge < -0.3 is 10.2 Å². The molecular formula is C12H16ClFN2O. The molecule has 0 aliphatic rings. The fraction of sp³-hybridized carbons (Fsp3) is 0.417. The third kappa shape index (κ3) is 3.60. The van der Waals surface area contributed by atoms with E-state index in [0.717, 1.165) is 0 Å².